The summed E-state index contributed by atoms with van der Waals surface area (Å²) in [6, 6.07) is 4.11. The third-order valence-electron chi connectivity index (χ3n) is 3.28. The Labute approximate surface area is 146 Å². The maximum absolute atomic E-state index is 11.5. The molecular weight excluding hydrogens is 330 g/mol. The first-order valence-electron chi connectivity index (χ1n) is 7.79. The molecule has 0 bridgehead atoms. The molecule has 1 aromatic rings. The van der Waals surface area contributed by atoms with Gasteiger partial charge in [0.05, 0.1) is 18.8 Å². The van der Waals surface area contributed by atoms with E-state index < -0.39 is 29.9 Å². The number of aromatic carboxylic acids is 1. The van der Waals surface area contributed by atoms with Gasteiger partial charge in [0.25, 0.3) is 0 Å². The van der Waals surface area contributed by atoms with Crippen LogP contribution in [0.1, 0.15) is 49.2 Å². The molecule has 2 atom stereocenters. The van der Waals surface area contributed by atoms with E-state index in [9.17, 15) is 24.9 Å². The number of carbonyl (C=O) groups is 2. The van der Waals surface area contributed by atoms with Crippen molar-refractivity contribution in [3.8, 4) is 5.75 Å². The summed E-state index contributed by atoms with van der Waals surface area (Å²) >= 11 is 0. The molecule has 25 heavy (non-hydrogen) atoms. The van der Waals surface area contributed by atoms with Gasteiger partial charge in [-0.1, -0.05) is 0 Å². The Kier molecular flexibility index (Phi) is 7.20. The third-order valence-corrected chi connectivity index (χ3v) is 3.28. The molecule has 0 saturated heterocycles. The molecule has 140 valence electrons. The number of methoxy groups -OCH3 is 1. The summed E-state index contributed by atoms with van der Waals surface area (Å²) in [7, 11) is 1.41. The molecular formula is C17H25NO7. The summed E-state index contributed by atoms with van der Waals surface area (Å²) in [4.78, 5) is 22.8. The summed E-state index contributed by atoms with van der Waals surface area (Å²) in [6.45, 7) is 5.23. The van der Waals surface area contributed by atoms with Crippen LogP contribution in [0, 0.1) is 0 Å². The number of hydrogen-bond acceptors (Lipinski definition) is 6. The zero-order valence-electron chi connectivity index (χ0n) is 14.8. The number of amides is 1. The van der Waals surface area contributed by atoms with Crippen molar-refractivity contribution in [3.05, 3.63) is 29.3 Å². The number of carboxylic acids is 1. The number of alkyl carbamates (subject to hydrolysis) is 1. The van der Waals surface area contributed by atoms with E-state index in [1.165, 1.54) is 25.3 Å². The average Bonchev–Trinajstić information content (AvgIpc) is 2.51. The van der Waals surface area contributed by atoms with Crippen molar-refractivity contribution in [2.24, 2.45) is 0 Å². The van der Waals surface area contributed by atoms with Gasteiger partial charge in [-0.05, 0) is 45.4 Å². The van der Waals surface area contributed by atoms with Gasteiger partial charge in [0.15, 0.2) is 0 Å². The highest BCUT2D eigenvalue weighted by atomic mass is 16.6. The highest BCUT2D eigenvalue weighted by Crippen LogP contribution is 2.27. The van der Waals surface area contributed by atoms with Gasteiger partial charge < -0.3 is 30.1 Å². The lowest BCUT2D eigenvalue weighted by Crippen LogP contribution is -2.34. The molecule has 0 fully saturated rings. The van der Waals surface area contributed by atoms with Crippen LogP contribution < -0.4 is 10.1 Å². The van der Waals surface area contributed by atoms with E-state index in [1.54, 1.807) is 20.8 Å². The van der Waals surface area contributed by atoms with Gasteiger partial charge >= 0.3 is 12.1 Å². The molecule has 8 nitrogen and oxygen atoms in total. The second-order valence-electron chi connectivity index (χ2n) is 6.49. The Morgan fingerprint density at radius 1 is 1.24 bits per heavy atom. The van der Waals surface area contributed by atoms with Crippen molar-refractivity contribution in [2.75, 3.05) is 13.7 Å². The lowest BCUT2D eigenvalue weighted by atomic mass is 9.96. The van der Waals surface area contributed by atoms with Crippen molar-refractivity contribution >= 4 is 12.1 Å². The van der Waals surface area contributed by atoms with Crippen molar-refractivity contribution in [1.29, 1.82) is 0 Å². The summed E-state index contributed by atoms with van der Waals surface area (Å²) in [5, 5.41) is 32.1. The average molecular weight is 355 g/mol. The van der Waals surface area contributed by atoms with Crippen LogP contribution in [0.3, 0.4) is 0 Å². The third kappa shape index (κ3) is 6.60. The Morgan fingerprint density at radius 2 is 1.88 bits per heavy atom. The lowest BCUT2D eigenvalue weighted by molar-refractivity contribution is 0.0114. The second kappa shape index (κ2) is 8.68. The first-order valence-corrected chi connectivity index (χ1v) is 7.79. The Bertz CT molecular complexity index is 610. The maximum atomic E-state index is 11.5. The van der Waals surface area contributed by atoms with Crippen molar-refractivity contribution in [1.82, 2.24) is 5.32 Å². The molecule has 0 aliphatic heterocycles. The fraction of sp³-hybridized carbons (Fsp3) is 0.529. The number of rotatable bonds is 7. The van der Waals surface area contributed by atoms with E-state index in [0.29, 0.717) is 5.75 Å². The minimum Gasteiger partial charge on any atom is -0.497 e. The largest absolute Gasteiger partial charge is 0.497 e. The van der Waals surface area contributed by atoms with Crippen LogP contribution in [0.2, 0.25) is 0 Å². The van der Waals surface area contributed by atoms with E-state index in [1.807, 2.05) is 0 Å². The molecule has 4 N–H and O–H groups in total. The van der Waals surface area contributed by atoms with Crippen molar-refractivity contribution < 1.29 is 34.4 Å². The van der Waals surface area contributed by atoms with Gasteiger partial charge in [0.2, 0.25) is 0 Å². The van der Waals surface area contributed by atoms with E-state index in [2.05, 4.69) is 5.32 Å². The summed E-state index contributed by atoms with van der Waals surface area (Å²) in [5.74, 6) is -0.867. The van der Waals surface area contributed by atoms with Gasteiger partial charge in [0.1, 0.15) is 17.5 Å². The monoisotopic (exact) mass is 355 g/mol. The van der Waals surface area contributed by atoms with E-state index in [0.717, 1.165) is 0 Å². The summed E-state index contributed by atoms with van der Waals surface area (Å²) in [5.41, 5.74) is -0.733. The number of ether oxygens (including phenoxy) is 2. The number of nitrogens with one attached hydrogen (secondary N) is 1. The Hall–Kier alpha value is -2.32. The van der Waals surface area contributed by atoms with Crippen LogP contribution in [0.5, 0.6) is 5.75 Å². The number of benzene rings is 1. The van der Waals surface area contributed by atoms with Gasteiger partial charge in [-0.3, -0.25) is 0 Å². The Balaban J connectivity index is 2.71. The Morgan fingerprint density at radius 3 is 2.40 bits per heavy atom. The topological polar surface area (TPSA) is 125 Å². The molecule has 0 heterocycles. The molecule has 2 unspecified atom stereocenters. The number of carbonyl (C=O) groups excluding carboxylic acids is 1. The molecule has 0 saturated carbocycles. The number of hydrogen-bond donors (Lipinski definition) is 4. The maximum Gasteiger partial charge on any atom is 0.407 e. The molecule has 0 aromatic heterocycles. The highest BCUT2D eigenvalue weighted by Gasteiger charge is 2.24. The predicted molar refractivity (Wildman–Crippen MR) is 89.8 cm³/mol. The van der Waals surface area contributed by atoms with Crippen LogP contribution in [0.15, 0.2) is 18.2 Å². The van der Waals surface area contributed by atoms with Gasteiger partial charge in [-0.2, -0.15) is 0 Å². The molecule has 8 heteroatoms. The lowest BCUT2D eigenvalue weighted by Gasteiger charge is -2.22. The summed E-state index contributed by atoms with van der Waals surface area (Å²) < 4.78 is 10.1. The molecule has 0 aliphatic rings. The normalized spacial score (nSPS) is 13.7. The van der Waals surface area contributed by atoms with Crippen molar-refractivity contribution in [2.45, 2.75) is 45.0 Å². The van der Waals surface area contributed by atoms with Crippen LogP contribution in [-0.2, 0) is 4.74 Å². The first kappa shape index (κ1) is 20.7. The van der Waals surface area contributed by atoms with Crippen LogP contribution in [0.4, 0.5) is 4.79 Å². The van der Waals surface area contributed by atoms with E-state index >= 15 is 0 Å². The second-order valence-corrected chi connectivity index (χ2v) is 6.49. The molecule has 1 aromatic carbocycles. The smallest absolute Gasteiger partial charge is 0.407 e. The predicted octanol–water partition coefficient (Wildman–Crippen LogP) is 1.70. The minimum absolute atomic E-state index is 0.0106. The van der Waals surface area contributed by atoms with Crippen LogP contribution in [-0.4, -0.2) is 52.7 Å². The van der Waals surface area contributed by atoms with Gasteiger partial charge in [-0.15, -0.1) is 0 Å². The molecule has 1 amide bonds. The standard InChI is InChI=1S/C17H25NO7/c1-17(2,3)25-16(23)18-8-7-13(19)14(20)12-9-10(24-4)5-6-11(12)15(21)22/h5-6,9,13-14,19-20H,7-8H2,1-4H3,(H,18,23)(H,21,22). The fourth-order valence-corrected chi connectivity index (χ4v) is 2.11. The molecule has 0 spiro atoms. The zero-order valence-corrected chi connectivity index (χ0v) is 14.8. The van der Waals surface area contributed by atoms with E-state index in [4.69, 9.17) is 9.47 Å². The van der Waals surface area contributed by atoms with Gasteiger partial charge in [-0.25, -0.2) is 9.59 Å². The summed E-state index contributed by atoms with van der Waals surface area (Å²) in [6.07, 6.45) is -3.35. The van der Waals surface area contributed by atoms with Gasteiger partial charge in [0, 0.05) is 12.1 Å². The molecule has 0 aliphatic carbocycles. The van der Waals surface area contributed by atoms with Crippen molar-refractivity contribution in [3.63, 3.8) is 0 Å². The quantitative estimate of drug-likeness (QED) is 0.586. The van der Waals surface area contributed by atoms with E-state index in [-0.39, 0.29) is 24.1 Å². The zero-order chi connectivity index (χ0) is 19.2. The SMILES string of the molecule is COc1ccc(C(=O)O)c(C(O)C(O)CCNC(=O)OC(C)(C)C)c1. The number of aliphatic hydroxyl groups is 2. The fourth-order valence-electron chi connectivity index (χ4n) is 2.11. The number of aliphatic hydroxyl groups excluding tert-OH is 2. The minimum atomic E-state index is -1.44. The highest BCUT2D eigenvalue weighted by molar-refractivity contribution is 5.89. The molecule has 0 radical (unpaired) electrons. The molecule has 1 rings (SSSR count). The van der Waals surface area contributed by atoms with Crippen LogP contribution in [0.25, 0.3) is 0 Å². The number of carboxylic acid groups (broad SMARTS) is 1. The first-order chi connectivity index (χ1) is 11.5. The van der Waals surface area contributed by atoms with Crippen LogP contribution >= 0.6 is 0 Å².